The predicted molar refractivity (Wildman–Crippen MR) is 78.6 cm³/mol. The van der Waals surface area contributed by atoms with Gasteiger partial charge in [0.2, 0.25) is 0 Å². The van der Waals surface area contributed by atoms with Crippen LogP contribution >= 0.6 is 0 Å². The SMILES string of the molecule is CNC(=O)c1cc(Oc2ccc(N)cc2C(C)=O)ccn1. The van der Waals surface area contributed by atoms with E-state index < -0.39 is 0 Å². The third kappa shape index (κ3) is 3.36. The van der Waals surface area contributed by atoms with E-state index in [0.29, 0.717) is 22.7 Å². The maximum absolute atomic E-state index is 11.6. The van der Waals surface area contributed by atoms with Crippen molar-refractivity contribution in [2.24, 2.45) is 0 Å². The molecule has 0 spiro atoms. The number of ketones is 1. The highest BCUT2D eigenvalue weighted by molar-refractivity contribution is 5.97. The van der Waals surface area contributed by atoms with Crippen LogP contribution in [0.25, 0.3) is 0 Å². The molecule has 0 unspecified atom stereocenters. The molecule has 0 saturated heterocycles. The number of aromatic nitrogens is 1. The first-order chi connectivity index (χ1) is 10.0. The number of carbonyl (C=O) groups is 2. The van der Waals surface area contributed by atoms with Crippen molar-refractivity contribution in [3.8, 4) is 11.5 Å². The standard InChI is InChI=1S/C15H15N3O3/c1-9(19)12-7-10(16)3-4-14(12)21-11-5-6-18-13(8-11)15(20)17-2/h3-8H,16H2,1-2H3,(H,17,20). The maximum Gasteiger partial charge on any atom is 0.269 e. The van der Waals surface area contributed by atoms with Crippen LogP contribution in [-0.2, 0) is 0 Å². The Morgan fingerprint density at radius 2 is 2.00 bits per heavy atom. The molecule has 0 aliphatic rings. The zero-order valence-corrected chi connectivity index (χ0v) is 11.7. The highest BCUT2D eigenvalue weighted by Gasteiger charge is 2.12. The highest BCUT2D eigenvalue weighted by atomic mass is 16.5. The molecule has 2 aromatic rings. The molecule has 0 saturated carbocycles. The topological polar surface area (TPSA) is 94.3 Å². The number of Topliss-reactive ketones (excluding diaryl/α,β-unsaturated/α-hetero) is 1. The number of nitrogen functional groups attached to an aromatic ring is 1. The summed E-state index contributed by atoms with van der Waals surface area (Å²) in [5.41, 5.74) is 6.76. The van der Waals surface area contributed by atoms with Gasteiger partial charge >= 0.3 is 0 Å². The number of hydrogen-bond acceptors (Lipinski definition) is 5. The molecule has 1 heterocycles. The molecule has 0 radical (unpaired) electrons. The van der Waals surface area contributed by atoms with Gasteiger partial charge in [0.05, 0.1) is 5.56 Å². The van der Waals surface area contributed by atoms with Crippen LogP contribution in [-0.4, -0.2) is 23.7 Å². The Morgan fingerprint density at radius 1 is 1.24 bits per heavy atom. The van der Waals surface area contributed by atoms with E-state index in [-0.39, 0.29) is 17.4 Å². The van der Waals surface area contributed by atoms with E-state index >= 15 is 0 Å². The average Bonchev–Trinajstić information content (AvgIpc) is 2.48. The molecular formula is C15H15N3O3. The number of ether oxygens (including phenoxy) is 1. The third-order valence-corrected chi connectivity index (χ3v) is 2.80. The number of amides is 1. The van der Waals surface area contributed by atoms with Gasteiger partial charge in [0.15, 0.2) is 5.78 Å². The Kier molecular flexibility index (Phi) is 4.18. The Balaban J connectivity index is 2.34. The molecule has 0 aliphatic heterocycles. The van der Waals surface area contributed by atoms with Crippen LogP contribution in [0.3, 0.4) is 0 Å². The van der Waals surface area contributed by atoms with Gasteiger partial charge in [-0.05, 0) is 31.2 Å². The summed E-state index contributed by atoms with van der Waals surface area (Å²) >= 11 is 0. The second-order valence-electron chi connectivity index (χ2n) is 4.37. The fourth-order valence-corrected chi connectivity index (χ4v) is 1.77. The Labute approximate surface area is 121 Å². The second-order valence-corrected chi connectivity index (χ2v) is 4.37. The third-order valence-electron chi connectivity index (χ3n) is 2.80. The molecule has 0 aliphatic carbocycles. The normalized spacial score (nSPS) is 10.0. The molecule has 21 heavy (non-hydrogen) atoms. The van der Waals surface area contributed by atoms with Crippen molar-refractivity contribution in [1.82, 2.24) is 10.3 Å². The van der Waals surface area contributed by atoms with E-state index in [1.54, 1.807) is 24.3 Å². The van der Waals surface area contributed by atoms with Gasteiger partial charge in [-0.25, -0.2) is 0 Å². The van der Waals surface area contributed by atoms with E-state index in [2.05, 4.69) is 10.3 Å². The number of nitrogens with two attached hydrogens (primary N) is 1. The van der Waals surface area contributed by atoms with Gasteiger partial charge < -0.3 is 15.8 Å². The van der Waals surface area contributed by atoms with E-state index in [0.717, 1.165) is 0 Å². The van der Waals surface area contributed by atoms with Crippen molar-refractivity contribution in [3.05, 3.63) is 47.8 Å². The number of nitrogens with one attached hydrogen (secondary N) is 1. The number of hydrogen-bond donors (Lipinski definition) is 2. The minimum Gasteiger partial charge on any atom is -0.456 e. The quantitative estimate of drug-likeness (QED) is 0.662. The fraction of sp³-hybridized carbons (Fsp3) is 0.133. The first kappa shape index (κ1) is 14.5. The van der Waals surface area contributed by atoms with Crippen LogP contribution in [0.5, 0.6) is 11.5 Å². The van der Waals surface area contributed by atoms with Gasteiger partial charge in [0, 0.05) is 25.0 Å². The molecule has 0 atom stereocenters. The van der Waals surface area contributed by atoms with Crippen molar-refractivity contribution in [2.75, 3.05) is 12.8 Å². The minimum absolute atomic E-state index is 0.155. The van der Waals surface area contributed by atoms with Gasteiger partial charge in [0.1, 0.15) is 17.2 Å². The van der Waals surface area contributed by atoms with Crippen LogP contribution in [0.4, 0.5) is 5.69 Å². The van der Waals surface area contributed by atoms with Crippen LogP contribution in [0, 0.1) is 0 Å². The summed E-state index contributed by atoms with van der Waals surface area (Å²) in [4.78, 5) is 27.1. The lowest BCUT2D eigenvalue weighted by Gasteiger charge is -2.10. The second kappa shape index (κ2) is 6.04. The average molecular weight is 285 g/mol. The van der Waals surface area contributed by atoms with Gasteiger partial charge in [-0.3, -0.25) is 14.6 Å². The van der Waals surface area contributed by atoms with E-state index in [4.69, 9.17) is 10.5 Å². The smallest absolute Gasteiger partial charge is 0.269 e. The summed E-state index contributed by atoms with van der Waals surface area (Å²) < 4.78 is 5.66. The van der Waals surface area contributed by atoms with Crippen LogP contribution in [0.2, 0.25) is 0 Å². The summed E-state index contributed by atoms with van der Waals surface area (Å²) in [6.45, 7) is 1.43. The van der Waals surface area contributed by atoms with Crippen molar-refractivity contribution in [2.45, 2.75) is 6.92 Å². The van der Waals surface area contributed by atoms with Crippen molar-refractivity contribution >= 4 is 17.4 Å². The van der Waals surface area contributed by atoms with Gasteiger partial charge in [-0.15, -0.1) is 0 Å². The summed E-state index contributed by atoms with van der Waals surface area (Å²) in [6, 6.07) is 7.92. The molecule has 1 aromatic heterocycles. The van der Waals surface area contributed by atoms with Crippen LogP contribution < -0.4 is 15.8 Å². The summed E-state index contributed by atoms with van der Waals surface area (Å²) in [6.07, 6.45) is 1.46. The maximum atomic E-state index is 11.6. The molecule has 108 valence electrons. The number of anilines is 1. The first-order valence-corrected chi connectivity index (χ1v) is 6.27. The van der Waals surface area contributed by atoms with Gasteiger partial charge in [-0.1, -0.05) is 0 Å². The Hall–Kier alpha value is -2.89. The fourth-order valence-electron chi connectivity index (χ4n) is 1.77. The van der Waals surface area contributed by atoms with E-state index in [1.165, 1.54) is 26.2 Å². The van der Waals surface area contributed by atoms with Crippen molar-refractivity contribution < 1.29 is 14.3 Å². The Morgan fingerprint density at radius 3 is 2.67 bits per heavy atom. The monoisotopic (exact) mass is 285 g/mol. The largest absolute Gasteiger partial charge is 0.456 e. The summed E-state index contributed by atoms with van der Waals surface area (Å²) in [5, 5.41) is 2.48. The minimum atomic E-state index is -0.315. The first-order valence-electron chi connectivity index (χ1n) is 6.27. The zero-order valence-electron chi connectivity index (χ0n) is 11.7. The van der Waals surface area contributed by atoms with Crippen LogP contribution in [0.1, 0.15) is 27.8 Å². The van der Waals surface area contributed by atoms with E-state index in [9.17, 15) is 9.59 Å². The molecule has 0 fully saturated rings. The lowest BCUT2D eigenvalue weighted by Crippen LogP contribution is -2.18. The van der Waals surface area contributed by atoms with Crippen LogP contribution in [0.15, 0.2) is 36.5 Å². The number of carbonyl (C=O) groups excluding carboxylic acids is 2. The molecule has 1 aromatic carbocycles. The molecular weight excluding hydrogens is 270 g/mol. The predicted octanol–water partition coefficient (Wildman–Crippen LogP) is 2.02. The number of rotatable bonds is 4. The summed E-state index contributed by atoms with van der Waals surface area (Å²) in [5.74, 6) is 0.323. The summed E-state index contributed by atoms with van der Waals surface area (Å²) in [7, 11) is 1.52. The van der Waals surface area contributed by atoms with Gasteiger partial charge in [-0.2, -0.15) is 0 Å². The molecule has 2 rings (SSSR count). The highest BCUT2D eigenvalue weighted by Crippen LogP contribution is 2.27. The number of benzene rings is 1. The zero-order chi connectivity index (χ0) is 15.4. The van der Waals surface area contributed by atoms with E-state index in [1.807, 2.05) is 0 Å². The molecule has 6 heteroatoms. The number of nitrogens with zero attached hydrogens (tertiary/aromatic N) is 1. The number of pyridine rings is 1. The van der Waals surface area contributed by atoms with Crippen molar-refractivity contribution in [3.63, 3.8) is 0 Å². The molecule has 3 N–H and O–H groups in total. The lowest BCUT2D eigenvalue weighted by molar-refractivity contribution is 0.0956. The molecule has 0 bridgehead atoms. The lowest BCUT2D eigenvalue weighted by atomic mass is 10.1. The molecule has 6 nitrogen and oxygen atoms in total. The van der Waals surface area contributed by atoms with Gasteiger partial charge in [0.25, 0.3) is 5.91 Å². The Bertz CT molecular complexity index is 698. The molecule has 1 amide bonds. The van der Waals surface area contributed by atoms with Crippen molar-refractivity contribution in [1.29, 1.82) is 0 Å².